The van der Waals surface area contributed by atoms with Crippen molar-refractivity contribution in [3.05, 3.63) is 48.0 Å². The van der Waals surface area contributed by atoms with Crippen LogP contribution in [0.3, 0.4) is 0 Å². The summed E-state index contributed by atoms with van der Waals surface area (Å²) in [5.41, 5.74) is 4.40. The molecule has 0 saturated carbocycles. The third-order valence-electron chi connectivity index (χ3n) is 7.88. The number of fused-ring (bicyclic) bond motifs is 1. The molecule has 3 aromatic rings. The molecule has 0 amide bonds. The summed E-state index contributed by atoms with van der Waals surface area (Å²) in [6.45, 7) is 6.87. The normalized spacial score (nSPS) is 19.1. The molecule has 7 heteroatoms. The molecule has 0 bridgehead atoms. The van der Waals surface area contributed by atoms with E-state index < -0.39 is 6.17 Å². The fourth-order valence-corrected chi connectivity index (χ4v) is 5.79. The number of halogens is 1. The first-order valence-corrected chi connectivity index (χ1v) is 13.5. The van der Waals surface area contributed by atoms with E-state index in [0.29, 0.717) is 13.0 Å². The maximum atomic E-state index is 13.3. The van der Waals surface area contributed by atoms with Crippen molar-refractivity contribution in [1.82, 2.24) is 24.6 Å². The molecule has 0 unspecified atom stereocenters. The predicted octanol–water partition coefficient (Wildman–Crippen LogP) is 4.80. The van der Waals surface area contributed by atoms with Gasteiger partial charge in [-0.3, -0.25) is 19.4 Å². The zero-order chi connectivity index (χ0) is 25.1. The molecule has 192 valence electrons. The molecule has 0 spiro atoms. The Balaban J connectivity index is 1.30. The van der Waals surface area contributed by atoms with E-state index in [1.807, 2.05) is 24.1 Å². The second-order valence-corrected chi connectivity index (χ2v) is 10.7. The van der Waals surface area contributed by atoms with E-state index in [9.17, 15) is 9.18 Å². The van der Waals surface area contributed by atoms with Crippen molar-refractivity contribution in [2.75, 3.05) is 32.7 Å². The van der Waals surface area contributed by atoms with Crippen LogP contribution in [0.4, 0.5) is 4.39 Å². The number of carbonyl (C=O) groups is 1. The fraction of sp³-hybridized carbons (Fsp3) is 0.552. The molecular weight excluding hydrogens is 453 g/mol. The molecule has 0 aliphatic carbocycles. The second kappa shape index (κ2) is 11.2. The Morgan fingerprint density at radius 3 is 2.56 bits per heavy atom. The number of hydrogen-bond donors (Lipinski definition) is 0. The van der Waals surface area contributed by atoms with Gasteiger partial charge < -0.3 is 4.90 Å². The highest BCUT2D eigenvalue weighted by atomic mass is 19.1. The molecule has 0 N–H and O–H groups in total. The van der Waals surface area contributed by atoms with Crippen LogP contribution in [0.5, 0.6) is 0 Å². The van der Waals surface area contributed by atoms with E-state index in [1.165, 1.54) is 30.5 Å². The number of alkyl halides is 1. The van der Waals surface area contributed by atoms with Crippen molar-refractivity contribution in [3.63, 3.8) is 0 Å². The van der Waals surface area contributed by atoms with E-state index >= 15 is 0 Å². The molecule has 2 aromatic heterocycles. The predicted molar refractivity (Wildman–Crippen MR) is 142 cm³/mol. The van der Waals surface area contributed by atoms with Crippen molar-refractivity contribution in [2.24, 2.45) is 13.0 Å². The smallest absolute Gasteiger partial charge is 0.142 e. The number of Topliss-reactive ketones (excluding diaryl/α,β-unsaturated/α-hetero) is 1. The number of piperidine rings is 2. The number of pyridine rings is 1. The molecule has 2 aliphatic heterocycles. The van der Waals surface area contributed by atoms with Crippen molar-refractivity contribution in [1.29, 1.82) is 0 Å². The van der Waals surface area contributed by atoms with Gasteiger partial charge in [0.25, 0.3) is 0 Å². The number of likely N-dealkylation sites (tertiary alicyclic amines) is 2. The van der Waals surface area contributed by atoms with E-state index in [0.717, 1.165) is 67.6 Å². The highest BCUT2D eigenvalue weighted by Crippen LogP contribution is 2.29. The maximum Gasteiger partial charge on any atom is 0.142 e. The molecule has 6 nitrogen and oxygen atoms in total. The molecule has 36 heavy (non-hydrogen) atoms. The first-order valence-electron chi connectivity index (χ1n) is 13.5. The monoisotopic (exact) mass is 491 g/mol. The minimum Gasteiger partial charge on any atom is -0.300 e. The zero-order valence-corrected chi connectivity index (χ0v) is 21.6. The van der Waals surface area contributed by atoms with Crippen LogP contribution in [-0.4, -0.2) is 69.2 Å². The van der Waals surface area contributed by atoms with Gasteiger partial charge in [0, 0.05) is 55.3 Å². The molecule has 4 heterocycles. The SMILES string of the molecule is C[C@@H](F)CN1CCC(C(=O)Cc2cc3cc(-c4cnn(C)c4CN4CCCCC4)ccc3cn2)CC1. The number of aromatic nitrogens is 3. The van der Waals surface area contributed by atoms with Crippen molar-refractivity contribution >= 4 is 16.6 Å². The number of rotatable bonds is 8. The lowest BCUT2D eigenvalue weighted by Crippen LogP contribution is -2.39. The Morgan fingerprint density at radius 2 is 1.81 bits per heavy atom. The summed E-state index contributed by atoms with van der Waals surface area (Å²) >= 11 is 0. The molecule has 5 rings (SSSR count). The zero-order valence-electron chi connectivity index (χ0n) is 21.6. The van der Waals surface area contributed by atoms with Crippen molar-refractivity contribution in [3.8, 4) is 11.1 Å². The van der Waals surface area contributed by atoms with Gasteiger partial charge in [-0.05, 0) is 81.9 Å². The average Bonchev–Trinajstić information content (AvgIpc) is 3.24. The topological polar surface area (TPSA) is 54.3 Å². The highest BCUT2D eigenvalue weighted by Gasteiger charge is 2.26. The van der Waals surface area contributed by atoms with Crippen molar-refractivity contribution in [2.45, 2.75) is 58.2 Å². The van der Waals surface area contributed by atoms with Gasteiger partial charge in [0.1, 0.15) is 12.0 Å². The summed E-state index contributed by atoms with van der Waals surface area (Å²) in [5, 5.41) is 6.75. The van der Waals surface area contributed by atoms with Crippen molar-refractivity contribution < 1.29 is 9.18 Å². The average molecular weight is 492 g/mol. The number of carbonyl (C=O) groups excluding carboxylic acids is 1. The summed E-state index contributed by atoms with van der Waals surface area (Å²) in [6, 6.07) is 8.54. The summed E-state index contributed by atoms with van der Waals surface area (Å²) in [5.74, 6) is 0.301. The minimum atomic E-state index is -0.823. The second-order valence-electron chi connectivity index (χ2n) is 10.7. The number of nitrogens with zero attached hydrogens (tertiary/aromatic N) is 5. The molecular formula is C29H38FN5O. The Hall–Kier alpha value is -2.64. The van der Waals surface area contributed by atoms with Crippen LogP contribution in [0.1, 0.15) is 50.4 Å². The van der Waals surface area contributed by atoms with Gasteiger partial charge in [-0.1, -0.05) is 18.6 Å². The van der Waals surface area contributed by atoms with Gasteiger partial charge >= 0.3 is 0 Å². The van der Waals surface area contributed by atoms with Crippen LogP contribution in [0, 0.1) is 5.92 Å². The standard InChI is InChI=1S/C29H38FN5O/c1-21(30)19-35-12-8-22(9-13-35)29(36)16-26-15-25-14-23(6-7-24(25)17-31-26)27-18-32-33(2)28(27)20-34-10-4-3-5-11-34/h6-7,14-15,17-18,21-22H,3-5,8-13,16,19-20H2,1-2H3/t21-/m1/s1. The molecule has 2 saturated heterocycles. The Morgan fingerprint density at radius 1 is 1.03 bits per heavy atom. The van der Waals surface area contributed by atoms with E-state index in [-0.39, 0.29) is 11.7 Å². The summed E-state index contributed by atoms with van der Waals surface area (Å²) in [7, 11) is 2.03. The minimum absolute atomic E-state index is 0.0488. The number of ketones is 1. The lowest BCUT2D eigenvalue weighted by Gasteiger charge is -2.31. The van der Waals surface area contributed by atoms with Gasteiger partial charge in [0.2, 0.25) is 0 Å². The lowest BCUT2D eigenvalue weighted by atomic mass is 9.90. The van der Waals surface area contributed by atoms with Gasteiger partial charge in [-0.2, -0.15) is 5.10 Å². The van der Waals surface area contributed by atoms with E-state index in [2.05, 4.69) is 44.1 Å². The van der Waals surface area contributed by atoms with Crippen LogP contribution in [-0.2, 0) is 24.8 Å². The van der Waals surface area contributed by atoms with E-state index in [4.69, 9.17) is 0 Å². The molecule has 0 radical (unpaired) electrons. The number of benzene rings is 1. The van der Waals surface area contributed by atoms with Crippen LogP contribution >= 0.6 is 0 Å². The Bertz CT molecular complexity index is 1190. The molecule has 2 fully saturated rings. The highest BCUT2D eigenvalue weighted by molar-refractivity contribution is 5.89. The van der Waals surface area contributed by atoms with Crippen LogP contribution in [0.2, 0.25) is 0 Å². The lowest BCUT2D eigenvalue weighted by molar-refractivity contribution is -0.123. The Labute approximate surface area is 213 Å². The summed E-state index contributed by atoms with van der Waals surface area (Å²) in [4.78, 5) is 22.3. The summed E-state index contributed by atoms with van der Waals surface area (Å²) < 4.78 is 15.3. The first kappa shape index (κ1) is 25.0. The quantitative estimate of drug-likeness (QED) is 0.453. The molecule has 2 aliphatic rings. The summed E-state index contributed by atoms with van der Waals surface area (Å²) in [6.07, 6.45) is 8.88. The number of hydrogen-bond acceptors (Lipinski definition) is 5. The van der Waals surface area contributed by atoms with Crippen LogP contribution in [0.15, 0.2) is 36.7 Å². The molecule has 1 aromatic carbocycles. The van der Waals surface area contributed by atoms with Crippen LogP contribution in [0.25, 0.3) is 21.9 Å². The fourth-order valence-electron chi connectivity index (χ4n) is 5.79. The van der Waals surface area contributed by atoms with Crippen LogP contribution < -0.4 is 0 Å². The maximum absolute atomic E-state index is 13.3. The first-order chi connectivity index (χ1) is 17.5. The van der Waals surface area contributed by atoms with Gasteiger partial charge in [0.15, 0.2) is 0 Å². The van der Waals surface area contributed by atoms with Gasteiger partial charge in [0.05, 0.1) is 11.9 Å². The number of aryl methyl sites for hydroxylation is 1. The third-order valence-corrected chi connectivity index (χ3v) is 7.88. The van der Waals surface area contributed by atoms with Gasteiger partial charge in [-0.25, -0.2) is 4.39 Å². The largest absolute Gasteiger partial charge is 0.300 e. The van der Waals surface area contributed by atoms with Gasteiger partial charge in [-0.15, -0.1) is 0 Å². The van der Waals surface area contributed by atoms with E-state index in [1.54, 1.807) is 6.92 Å². The molecule has 1 atom stereocenters. The Kier molecular flexibility index (Phi) is 7.77. The third kappa shape index (κ3) is 5.84.